The third-order valence-electron chi connectivity index (χ3n) is 2.97. The summed E-state index contributed by atoms with van der Waals surface area (Å²) in [5.74, 6) is 0. The van der Waals surface area contributed by atoms with Crippen molar-refractivity contribution in [3.63, 3.8) is 0 Å². The summed E-state index contributed by atoms with van der Waals surface area (Å²) in [6, 6.07) is 15.0. The lowest BCUT2D eigenvalue weighted by atomic mass is 9.97. The van der Waals surface area contributed by atoms with Crippen LogP contribution in [0.4, 0.5) is 0 Å². The molecule has 0 N–H and O–H groups in total. The van der Waals surface area contributed by atoms with Gasteiger partial charge in [0.25, 0.3) is 0 Å². The fourth-order valence-electron chi connectivity index (χ4n) is 2.17. The van der Waals surface area contributed by atoms with E-state index in [9.17, 15) is 0 Å². The monoisotopic (exact) mass is 270 g/mol. The molecule has 0 bridgehead atoms. The summed E-state index contributed by atoms with van der Waals surface area (Å²) in [5, 5.41) is 0. The van der Waals surface area contributed by atoms with Gasteiger partial charge in [-0.25, -0.2) is 0 Å². The van der Waals surface area contributed by atoms with Gasteiger partial charge >= 0.3 is 0 Å². The summed E-state index contributed by atoms with van der Waals surface area (Å²) in [5.41, 5.74) is 5.43. The van der Waals surface area contributed by atoms with Crippen molar-refractivity contribution in [2.75, 3.05) is 0 Å². The van der Waals surface area contributed by atoms with E-state index < -0.39 is 0 Å². The zero-order valence-electron chi connectivity index (χ0n) is 8.78. The molecule has 0 spiro atoms. The Labute approximate surface area is 104 Å². The third kappa shape index (κ3) is 1.61. The van der Waals surface area contributed by atoms with Gasteiger partial charge in [0.2, 0.25) is 0 Å². The minimum atomic E-state index is 1.07. The molecule has 1 heteroatoms. The van der Waals surface area contributed by atoms with Gasteiger partial charge in [-0.15, -0.1) is 0 Å². The lowest BCUT2D eigenvalue weighted by Gasteiger charge is -2.07. The van der Waals surface area contributed by atoms with Crippen LogP contribution in [0.15, 0.2) is 53.0 Å². The van der Waals surface area contributed by atoms with Crippen molar-refractivity contribution in [1.29, 1.82) is 0 Å². The van der Waals surface area contributed by atoms with Crippen LogP contribution >= 0.6 is 15.9 Å². The molecule has 78 valence electrons. The highest BCUT2D eigenvalue weighted by atomic mass is 79.9. The van der Waals surface area contributed by atoms with Gasteiger partial charge in [0.05, 0.1) is 0 Å². The summed E-state index contributed by atoms with van der Waals surface area (Å²) >= 11 is 3.47. The standard InChI is InChI=1S/C15H11Br/c16-13-9-7-12(8-10-13)15-6-2-4-11-3-1-5-14(11)15/h1-2,4-10H,3H2. The van der Waals surface area contributed by atoms with Gasteiger partial charge in [-0.3, -0.25) is 0 Å². The lowest BCUT2D eigenvalue weighted by molar-refractivity contribution is 1.31. The summed E-state index contributed by atoms with van der Waals surface area (Å²) < 4.78 is 1.12. The second kappa shape index (κ2) is 3.91. The molecule has 0 unspecified atom stereocenters. The van der Waals surface area contributed by atoms with Gasteiger partial charge in [-0.1, -0.05) is 58.4 Å². The molecule has 0 amide bonds. The Balaban J connectivity index is 2.17. The summed E-state index contributed by atoms with van der Waals surface area (Å²) in [4.78, 5) is 0. The molecule has 2 aromatic rings. The number of allylic oxidation sites excluding steroid dienone is 1. The first-order valence-corrected chi connectivity index (χ1v) is 6.18. The largest absolute Gasteiger partial charge is 0.0795 e. The van der Waals surface area contributed by atoms with Gasteiger partial charge in [0, 0.05) is 4.47 Å². The summed E-state index contributed by atoms with van der Waals surface area (Å²) in [6.45, 7) is 0. The van der Waals surface area contributed by atoms with E-state index in [1.54, 1.807) is 0 Å². The molecule has 1 aliphatic rings. The molecular formula is C15H11Br. The Morgan fingerprint density at radius 3 is 2.56 bits per heavy atom. The number of hydrogen-bond donors (Lipinski definition) is 0. The van der Waals surface area contributed by atoms with Crippen LogP contribution in [0.1, 0.15) is 11.1 Å². The van der Waals surface area contributed by atoms with Crippen molar-refractivity contribution in [3.05, 3.63) is 64.1 Å². The van der Waals surface area contributed by atoms with Gasteiger partial charge < -0.3 is 0 Å². The quantitative estimate of drug-likeness (QED) is 0.706. The Morgan fingerprint density at radius 1 is 0.938 bits per heavy atom. The summed E-state index contributed by atoms with van der Waals surface area (Å²) in [7, 11) is 0. The van der Waals surface area contributed by atoms with Crippen molar-refractivity contribution in [3.8, 4) is 11.1 Å². The zero-order chi connectivity index (χ0) is 11.0. The minimum absolute atomic E-state index is 1.07. The van der Waals surface area contributed by atoms with Gasteiger partial charge in [0.15, 0.2) is 0 Å². The molecule has 0 fully saturated rings. The fraction of sp³-hybridized carbons (Fsp3) is 0.0667. The smallest absolute Gasteiger partial charge is 0.0175 e. The van der Waals surface area contributed by atoms with Crippen LogP contribution in [0, 0.1) is 0 Å². The van der Waals surface area contributed by atoms with Crippen LogP contribution in [-0.2, 0) is 6.42 Å². The van der Waals surface area contributed by atoms with E-state index in [0.717, 1.165) is 10.9 Å². The van der Waals surface area contributed by atoms with Gasteiger partial charge in [-0.05, 0) is 40.8 Å². The fourth-order valence-corrected chi connectivity index (χ4v) is 2.44. The lowest BCUT2D eigenvalue weighted by Crippen LogP contribution is -1.86. The second-order valence-electron chi connectivity index (χ2n) is 3.99. The maximum Gasteiger partial charge on any atom is 0.0175 e. The minimum Gasteiger partial charge on any atom is -0.0795 e. The van der Waals surface area contributed by atoms with E-state index in [-0.39, 0.29) is 0 Å². The predicted molar refractivity (Wildman–Crippen MR) is 72.3 cm³/mol. The normalized spacial score (nSPS) is 12.8. The number of rotatable bonds is 1. The van der Waals surface area contributed by atoms with Crippen molar-refractivity contribution in [2.24, 2.45) is 0 Å². The molecule has 3 rings (SSSR count). The second-order valence-corrected chi connectivity index (χ2v) is 4.91. The maximum atomic E-state index is 3.47. The van der Waals surface area contributed by atoms with Crippen molar-refractivity contribution < 1.29 is 0 Å². The average Bonchev–Trinajstić information content (AvgIpc) is 2.78. The van der Waals surface area contributed by atoms with E-state index in [4.69, 9.17) is 0 Å². The first-order chi connectivity index (χ1) is 7.84. The topological polar surface area (TPSA) is 0 Å². The molecule has 2 aromatic carbocycles. The van der Waals surface area contributed by atoms with E-state index in [2.05, 4.69) is 70.5 Å². The molecule has 0 atom stereocenters. The first kappa shape index (κ1) is 9.86. The molecule has 0 radical (unpaired) electrons. The molecule has 0 saturated heterocycles. The molecular weight excluding hydrogens is 260 g/mol. The Hall–Kier alpha value is -1.34. The molecule has 0 aliphatic heterocycles. The highest BCUT2D eigenvalue weighted by Gasteiger charge is 2.10. The van der Waals surface area contributed by atoms with Crippen LogP contribution in [0.5, 0.6) is 0 Å². The number of fused-ring (bicyclic) bond motifs is 1. The molecule has 0 heterocycles. The Bertz CT molecular complexity index is 550. The summed E-state index contributed by atoms with van der Waals surface area (Å²) in [6.07, 6.45) is 5.53. The number of benzene rings is 2. The first-order valence-electron chi connectivity index (χ1n) is 5.39. The van der Waals surface area contributed by atoms with Gasteiger partial charge in [0.1, 0.15) is 0 Å². The van der Waals surface area contributed by atoms with E-state index in [1.165, 1.54) is 22.3 Å². The van der Waals surface area contributed by atoms with Crippen LogP contribution in [0.2, 0.25) is 0 Å². The predicted octanol–water partition coefficient (Wildman–Crippen LogP) is 4.69. The molecule has 0 aromatic heterocycles. The van der Waals surface area contributed by atoms with E-state index >= 15 is 0 Å². The van der Waals surface area contributed by atoms with Crippen LogP contribution in [-0.4, -0.2) is 0 Å². The third-order valence-corrected chi connectivity index (χ3v) is 3.50. The van der Waals surface area contributed by atoms with Crippen molar-refractivity contribution in [1.82, 2.24) is 0 Å². The van der Waals surface area contributed by atoms with Crippen LogP contribution < -0.4 is 0 Å². The van der Waals surface area contributed by atoms with Crippen LogP contribution in [0.25, 0.3) is 17.2 Å². The van der Waals surface area contributed by atoms with E-state index in [1.807, 2.05) is 0 Å². The molecule has 16 heavy (non-hydrogen) atoms. The Morgan fingerprint density at radius 2 is 1.75 bits per heavy atom. The average molecular weight is 271 g/mol. The number of halogens is 1. The SMILES string of the molecule is Brc1ccc(-c2cccc3c2C=CC3)cc1. The number of hydrogen-bond acceptors (Lipinski definition) is 0. The Kier molecular flexibility index (Phi) is 2.41. The van der Waals surface area contributed by atoms with E-state index in [0.29, 0.717) is 0 Å². The van der Waals surface area contributed by atoms with Gasteiger partial charge in [-0.2, -0.15) is 0 Å². The van der Waals surface area contributed by atoms with Crippen molar-refractivity contribution in [2.45, 2.75) is 6.42 Å². The molecule has 0 saturated carbocycles. The molecule has 0 nitrogen and oxygen atoms in total. The highest BCUT2D eigenvalue weighted by Crippen LogP contribution is 2.31. The zero-order valence-corrected chi connectivity index (χ0v) is 10.4. The highest BCUT2D eigenvalue weighted by molar-refractivity contribution is 9.10. The maximum absolute atomic E-state index is 3.47. The van der Waals surface area contributed by atoms with Crippen LogP contribution in [0.3, 0.4) is 0 Å². The molecule has 1 aliphatic carbocycles. The van der Waals surface area contributed by atoms with Crippen molar-refractivity contribution >= 4 is 22.0 Å².